The van der Waals surface area contributed by atoms with E-state index in [1.165, 1.54) is 21.9 Å². The molecule has 0 aliphatic carbocycles. The molecule has 6 aromatic rings. The van der Waals surface area contributed by atoms with Gasteiger partial charge in [0.05, 0.1) is 52.8 Å². The fourth-order valence-electron chi connectivity index (χ4n) is 8.62. The molecular formula is C57H56Cl3N7O6. The maximum Gasteiger partial charge on any atom is 0.332 e. The molecule has 5 aromatic carbocycles. The number of carbonyl (C=O) groups is 4. The molecule has 0 unspecified atom stereocenters. The topological polar surface area (TPSA) is 121 Å². The summed E-state index contributed by atoms with van der Waals surface area (Å²) in [7, 11) is 0. The first kappa shape index (κ1) is 54.9. The van der Waals surface area contributed by atoms with Crippen LogP contribution in [0.2, 0.25) is 15.1 Å². The second-order valence-corrected chi connectivity index (χ2v) is 19.4. The van der Waals surface area contributed by atoms with Crippen molar-refractivity contribution in [1.82, 2.24) is 14.8 Å². The van der Waals surface area contributed by atoms with Crippen molar-refractivity contribution < 1.29 is 28.7 Å². The number of benzene rings is 5. The number of nitrogens with zero attached hydrogens (tertiary/aromatic N) is 7. The molecule has 0 saturated carbocycles. The molecule has 0 atom stereocenters. The molecule has 2 saturated heterocycles. The van der Waals surface area contributed by atoms with Crippen molar-refractivity contribution in [2.75, 3.05) is 36.1 Å². The van der Waals surface area contributed by atoms with Crippen molar-refractivity contribution in [3.05, 3.63) is 170 Å². The van der Waals surface area contributed by atoms with Crippen LogP contribution in [0.25, 0.3) is 31.9 Å². The number of aromatic nitrogens is 1. The summed E-state index contributed by atoms with van der Waals surface area (Å²) in [5, 5.41) is 1.05. The van der Waals surface area contributed by atoms with E-state index in [1.807, 2.05) is 61.5 Å². The zero-order valence-electron chi connectivity index (χ0n) is 40.9. The number of hydrogen-bond acceptors (Lipinski definition) is 7. The standard InChI is InChI=1S/C29H28ClN3O3.C27H24Cl2N4O3.CH4/c1-19-18-22(21-10-7-6-8-11-21)12-15-25(19)36-17-9-16-32-28(35)33(27(34)29(32,3)4)24-14-13-23(31-5)26(30)20(24)2;1-17-23(9-8-22(30-4)24(17)29)33-25(34)27(2,3)32(26(33)35)14-5-15-36-19-6-7-20(21(28)16-19)18-10-12-31-13-11-18;/h6-8,10-15,18H,9,16-17H2,1-4H3;6-13,16H,5,14-15H2,1-3H3;1H4. The first-order valence-corrected chi connectivity index (χ1v) is 24.2. The molecule has 1 aromatic heterocycles. The van der Waals surface area contributed by atoms with E-state index in [4.69, 9.17) is 57.4 Å². The highest BCUT2D eigenvalue weighted by atomic mass is 35.5. The summed E-state index contributed by atoms with van der Waals surface area (Å²) in [4.78, 5) is 69.3. The Morgan fingerprint density at radius 1 is 0.589 bits per heavy atom. The highest BCUT2D eigenvalue weighted by Gasteiger charge is 2.53. The van der Waals surface area contributed by atoms with Crippen LogP contribution in [-0.2, 0) is 9.59 Å². The van der Waals surface area contributed by atoms with Crippen LogP contribution >= 0.6 is 34.8 Å². The van der Waals surface area contributed by atoms with Gasteiger partial charge in [-0.1, -0.05) is 90.8 Å². The molecule has 73 heavy (non-hydrogen) atoms. The summed E-state index contributed by atoms with van der Waals surface area (Å²) in [6, 6.07) is 31.0. The first-order chi connectivity index (χ1) is 34.3. The normalized spacial score (nSPS) is 14.6. The van der Waals surface area contributed by atoms with Crippen LogP contribution in [-0.4, -0.2) is 76.0 Å². The SMILES string of the molecule is C.[C-]#[N+]c1ccc(N2C(=O)N(CCCOc3ccc(-c4ccccc4)cc3C)C(C)(C)C2=O)c(C)c1Cl.[C-]#[N+]c1ccc(N2C(=O)N(CCCOc3ccc(-c4ccncc4)c(Cl)c3)C(C)(C)C2=O)c(C)c1Cl. The average molecular weight is 1040 g/mol. The molecule has 2 aliphatic rings. The lowest BCUT2D eigenvalue weighted by Gasteiger charge is -2.27. The number of imide groups is 2. The Balaban J connectivity index is 0.000000235. The van der Waals surface area contributed by atoms with Crippen LogP contribution < -0.4 is 19.3 Å². The lowest BCUT2D eigenvalue weighted by molar-refractivity contribution is -0.124. The van der Waals surface area contributed by atoms with Gasteiger partial charge in [-0.25, -0.2) is 29.1 Å². The summed E-state index contributed by atoms with van der Waals surface area (Å²) >= 11 is 19.0. The van der Waals surface area contributed by atoms with E-state index in [0.29, 0.717) is 72.4 Å². The van der Waals surface area contributed by atoms with Gasteiger partial charge in [0.1, 0.15) is 22.6 Å². The van der Waals surface area contributed by atoms with Crippen LogP contribution in [0.4, 0.5) is 32.3 Å². The van der Waals surface area contributed by atoms with Gasteiger partial charge in [-0.2, -0.15) is 0 Å². The van der Waals surface area contributed by atoms with E-state index in [1.54, 1.807) is 77.0 Å². The number of amides is 6. The van der Waals surface area contributed by atoms with Crippen molar-refractivity contribution in [3.8, 4) is 33.8 Å². The molecule has 0 spiro atoms. The summed E-state index contributed by atoms with van der Waals surface area (Å²) in [6.07, 6.45) is 4.49. The summed E-state index contributed by atoms with van der Waals surface area (Å²) in [5.74, 6) is 0.745. The van der Waals surface area contributed by atoms with Crippen molar-refractivity contribution >= 4 is 81.4 Å². The summed E-state index contributed by atoms with van der Waals surface area (Å²) in [6.45, 7) is 28.2. The van der Waals surface area contributed by atoms with E-state index in [9.17, 15) is 19.2 Å². The number of pyridine rings is 1. The van der Waals surface area contributed by atoms with Gasteiger partial charge in [0.15, 0.2) is 0 Å². The zero-order chi connectivity index (χ0) is 52.1. The van der Waals surface area contributed by atoms with E-state index in [-0.39, 0.29) is 40.7 Å². The number of carbonyl (C=O) groups excluding carboxylic acids is 4. The van der Waals surface area contributed by atoms with Crippen molar-refractivity contribution in [2.24, 2.45) is 0 Å². The third-order valence-electron chi connectivity index (χ3n) is 12.8. The van der Waals surface area contributed by atoms with Gasteiger partial charge in [-0.3, -0.25) is 14.6 Å². The second kappa shape index (κ2) is 23.0. The van der Waals surface area contributed by atoms with Gasteiger partial charge in [-0.05, 0) is 149 Å². The van der Waals surface area contributed by atoms with Gasteiger partial charge in [-0.15, -0.1) is 0 Å². The zero-order valence-corrected chi connectivity index (χ0v) is 43.2. The minimum atomic E-state index is -1.04. The summed E-state index contributed by atoms with van der Waals surface area (Å²) < 4.78 is 11.9. The molecule has 0 radical (unpaired) electrons. The average Bonchev–Trinajstić information content (AvgIpc) is 3.64. The molecule has 16 heteroatoms. The fourth-order valence-corrected chi connectivity index (χ4v) is 9.30. The largest absolute Gasteiger partial charge is 0.493 e. The predicted molar refractivity (Wildman–Crippen MR) is 290 cm³/mol. The molecule has 6 amide bonds. The van der Waals surface area contributed by atoms with Crippen molar-refractivity contribution in [1.29, 1.82) is 0 Å². The summed E-state index contributed by atoms with van der Waals surface area (Å²) in [5.41, 5.74) is 5.51. The minimum Gasteiger partial charge on any atom is -0.493 e. The molecule has 13 nitrogen and oxygen atoms in total. The molecule has 3 heterocycles. The molecular weight excluding hydrogens is 985 g/mol. The van der Waals surface area contributed by atoms with Crippen LogP contribution in [0.3, 0.4) is 0 Å². The number of halogens is 3. The smallest absolute Gasteiger partial charge is 0.332 e. The third-order valence-corrected chi connectivity index (χ3v) is 14.1. The number of hydrogen-bond donors (Lipinski definition) is 0. The van der Waals surface area contributed by atoms with E-state index in [0.717, 1.165) is 38.5 Å². The van der Waals surface area contributed by atoms with Crippen molar-refractivity contribution in [2.45, 2.75) is 79.8 Å². The minimum absolute atomic E-state index is 0. The van der Waals surface area contributed by atoms with E-state index >= 15 is 0 Å². The number of anilines is 2. The van der Waals surface area contributed by atoms with E-state index < -0.39 is 23.1 Å². The number of aryl methyl sites for hydroxylation is 1. The maximum atomic E-state index is 13.3. The number of ether oxygens (including phenoxy) is 2. The lowest BCUT2D eigenvalue weighted by atomic mass is 10.0. The molecule has 8 rings (SSSR count). The Morgan fingerprint density at radius 3 is 1.58 bits per heavy atom. The van der Waals surface area contributed by atoms with Crippen LogP contribution in [0.5, 0.6) is 11.5 Å². The van der Waals surface area contributed by atoms with Crippen LogP contribution in [0, 0.1) is 33.9 Å². The molecule has 0 N–H and O–H groups in total. The van der Waals surface area contributed by atoms with Crippen LogP contribution in [0.1, 0.15) is 64.7 Å². The first-order valence-electron chi connectivity index (χ1n) is 23.1. The van der Waals surface area contributed by atoms with Gasteiger partial charge in [0.25, 0.3) is 11.8 Å². The monoisotopic (exact) mass is 1040 g/mol. The van der Waals surface area contributed by atoms with Gasteiger partial charge in [0.2, 0.25) is 11.4 Å². The molecule has 2 aliphatic heterocycles. The van der Waals surface area contributed by atoms with Crippen molar-refractivity contribution in [3.63, 3.8) is 0 Å². The van der Waals surface area contributed by atoms with Gasteiger partial charge in [0, 0.05) is 31.0 Å². The highest BCUT2D eigenvalue weighted by molar-refractivity contribution is 6.36. The fraction of sp³-hybridized carbons (Fsp3) is 0.281. The third kappa shape index (κ3) is 11.2. The van der Waals surface area contributed by atoms with Gasteiger partial charge >= 0.3 is 12.1 Å². The molecule has 376 valence electrons. The Hall–Kier alpha value is -7.42. The Labute approximate surface area is 442 Å². The van der Waals surface area contributed by atoms with Gasteiger partial charge < -0.3 is 19.3 Å². The molecule has 2 fully saturated rings. The molecule has 0 bridgehead atoms. The quantitative estimate of drug-likeness (QED) is 0.0605. The second-order valence-electron chi connectivity index (χ2n) is 18.2. The maximum absolute atomic E-state index is 13.3. The highest BCUT2D eigenvalue weighted by Crippen LogP contribution is 2.41. The Bertz CT molecular complexity index is 3150. The number of rotatable bonds is 14. The lowest BCUT2D eigenvalue weighted by Crippen LogP contribution is -2.44. The Kier molecular flexibility index (Phi) is 17.3. The number of urea groups is 2. The van der Waals surface area contributed by atoms with E-state index in [2.05, 4.69) is 32.9 Å². The predicted octanol–water partition coefficient (Wildman–Crippen LogP) is 14.8. The van der Waals surface area contributed by atoms with Crippen LogP contribution in [0.15, 0.2) is 116 Å². The Morgan fingerprint density at radius 2 is 1.10 bits per heavy atom.